The summed E-state index contributed by atoms with van der Waals surface area (Å²) in [6.07, 6.45) is 0. The standard InChI is InChI=1S/C10H15Si/c1-7-4-8(2)10(6-11)9(3)5-7/h4-6H,1-3,11H3. The molecule has 0 aliphatic carbocycles. The first-order valence-electron chi connectivity index (χ1n) is 4.02. The summed E-state index contributed by atoms with van der Waals surface area (Å²) >= 11 is 0. The third kappa shape index (κ3) is 1.72. The molecule has 0 unspecified atom stereocenters. The zero-order valence-corrected chi connectivity index (χ0v) is 9.73. The SMILES string of the molecule is Cc1cc(C)c([CH][SiH3])c(C)c1. The maximum absolute atomic E-state index is 2.31. The monoisotopic (exact) mass is 163 g/mol. The average Bonchev–Trinajstić information content (AvgIpc) is 1.85. The lowest BCUT2D eigenvalue weighted by atomic mass is 10.0. The Kier molecular flexibility index (Phi) is 2.50. The molecule has 1 heteroatoms. The van der Waals surface area contributed by atoms with Crippen LogP contribution in [0.3, 0.4) is 0 Å². The molecular weight excluding hydrogens is 148 g/mol. The summed E-state index contributed by atoms with van der Waals surface area (Å²) < 4.78 is 0. The van der Waals surface area contributed by atoms with Crippen molar-refractivity contribution in [2.75, 3.05) is 0 Å². The lowest BCUT2D eigenvalue weighted by Gasteiger charge is -2.07. The van der Waals surface area contributed by atoms with Crippen molar-refractivity contribution in [3.05, 3.63) is 40.4 Å². The van der Waals surface area contributed by atoms with Crippen LogP contribution >= 0.6 is 0 Å². The first-order chi connectivity index (χ1) is 5.15. The number of rotatable bonds is 1. The third-order valence-electron chi connectivity index (χ3n) is 2.03. The summed E-state index contributed by atoms with van der Waals surface area (Å²) in [4.78, 5) is 0. The second kappa shape index (κ2) is 3.22. The summed E-state index contributed by atoms with van der Waals surface area (Å²) in [5, 5.41) is 0. The van der Waals surface area contributed by atoms with Crippen LogP contribution in [-0.2, 0) is 0 Å². The molecule has 0 aliphatic rings. The third-order valence-corrected chi connectivity index (χ3v) is 2.60. The Morgan fingerprint density at radius 2 is 1.55 bits per heavy atom. The van der Waals surface area contributed by atoms with Gasteiger partial charge in [-0.1, -0.05) is 17.7 Å². The quantitative estimate of drug-likeness (QED) is 0.550. The second-order valence-corrected chi connectivity index (χ2v) is 3.68. The van der Waals surface area contributed by atoms with Gasteiger partial charge in [0.1, 0.15) is 0 Å². The molecule has 0 saturated carbocycles. The Labute approximate surface area is 72.1 Å². The molecule has 0 heterocycles. The minimum atomic E-state index is 1.15. The number of hydrogen-bond donors (Lipinski definition) is 0. The normalized spacial score (nSPS) is 10.5. The van der Waals surface area contributed by atoms with Crippen molar-refractivity contribution in [2.45, 2.75) is 20.8 Å². The van der Waals surface area contributed by atoms with Crippen LogP contribution in [-0.4, -0.2) is 10.2 Å². The maximum Gasteiger partial charge on any atom is 0.0127 e. The van der Waals surface area contributed by atoms with Gasteiger partial charge in [0.15, 0.2) is 0 Å². The Balaban J connectivity index is 3.25. The van der Waals surface area contributed by atoms with E-state index in [1.165, 1.54) is 22.3 Å². The Morgan fingerprint density at radius 1 is 1.09 bits per heavy atom. The van der Waals surface area contributed by atoms with Gasteiger partial charge in [0.25, 0.3) is 0 Å². The van der Waals surface area contributed by atoms with Crippen LogP contribution in [0.25, 0.3) is 0 Å². The predicted octanol–water partition coefficient (Wildman–Crippen LogP) is 1.49. The van der Waals surface area contributed by atoms with Gasteiger partial charge >= 0.3 is 0 Å². The van der Waals surface area contributed by atoms with Crippen LogP contribution in [0.2, 0.25) is 0 Å². The summed E-state index contributed by atoms with van der Waals surface area (Å²) in [5.74, 6) is 0. The molecule has 59 valence electrons. The molecule has 0 saturated heterocycles. The van der Waals surface area contributed by atoms with E-state index in [9.17, 15) is 0 Å². The largest absolute Gasteiger partial charge is 0.0561 e. The van der Waals surface area contributed by atoms with E-state index < -0.39 is 0 Å². The molecule has 0 amide bonds. The number of aryl methyl sites for hydroxylation is 3. The molecule has 1 radical (unpaired) electrons. The van der Waals surface area contributed by atoms with Crippen molar-refractivity contribution in [2.24, 2.45) is 0 Å². The summed E-state index contributed by atoms with van der Waals surface area (Å²) in [7, 11) is 1.15. The van der Waals surface area contributed by atoms with E-state index >= 15 is 0 Å². The minimum absolute atomic E-state index is 1.15. The highest BCUT2D eigenvalue weighted by Gasteiger charge is 1.99. The van der Waals surface area contributed by atoms with Crippen molar-refractivity contribution in [1.29, 1.82) is 0 Å². The van der Waals surface area contributed by atoms with Crippen LogP contribution in [0.15, 0.2) is 12.1 Å². The van der Waals surface area contributed by atoms with E-state index in [4.69, 9.17) is 0 Å². The molecule has 0 atom stereocenters. The molecule has 0 bridgehead atoms. The van der Waals surface area contributed by atoms with E-state index in [1.807, 2.05) is 0 Å². The van der Waals surface area contributed by atoms with Gasteiger partial charge in [-0.15, -0.1) is 0 Å². The predicted molar refractivity (Wildman–Crippen MR) is 54.0 cm³/mol. The van der Waals surface area contributed by atoms with E-state index in [0.29, 0.717) is 0 Å². The van der Waals surface area contributed by atoms with Gasteiger partial charge in [-0.05, 0) is 43.5 Å². The highest BCUT2D eigenvalue weighted by atomic mass is 28.1. The van der Waals surface area contributed by atoms with Crippen molar-refractivity contribution in [1.82, 2.24) is 0 Å². The van der Waals surface area contributed by atoms with Gasteiger partial charge in [0.2, 0.25) is 0 Å². The molecule has 1 rings (SSSR count). The topological polar surface area (TPSA) is 0 Å². The van der Waals surface area contributed by atoms with Crippen LogP contribution in [0.4, 0.5) is 0 Å². The molecular formula is C10H15Si. The van der Waals surface area contributed by atoms with E-state index in [0.717, 1.165) is 10.2 Å². The maximum atomic E-state index is 2.31. The van der Waals surface area contributed by atoms with E-state index in [2.05, 4.69) is 38.9 Å². The Morgan fingerprint density at radius 3 is 1.91 bits per heavy atom. The van der Waals surface area contributed by atoms with Crippen LogP contribution in [0, 0.1) is 26.8 Å². The summed E-state index contributed by atoms with van der Waals surface area (Å²) in [6.45, 7) is 6.52. The van der Waals surface area contributed by atoms with Crippen LogP contribution in [0.5, 0.6) is 0 Å². The minimum Gasteiger partial charge on any atom is -0.0561 e. The molecule has 1 aromatic rings. The molecule has 0 spiro atoms. The molecule has 11 heavy (non-hydrogen) atoms. The van der Waals surface area contributed by atoms with Crippen LogP contribution < -0.4 is 0 Å². The van der Waals surface area contributed by atoms with Crippen molar-refractivity contribution < 1.29 is 0 Å². The zero-order chi connectivity index (χ0) is 8.43. The highest BCUT2D eigenvalue weighted by Crippen LogP contribution is 2.16. The first kappa shape index (κ1) is 8.53. The van der Waals surface area contributed by atoms with E-state index in [1.54, 1.807) is 0 Å². The summed E-state index contributed by atoms with van der Waals surface area (Å²) in [5.41, 5.74) is 5.64. The van der Waals surface area contributed by atoms with Crippen LogP contribution in [0.1, 0.15) is 22.3 Å². The lowest BCUT2D eigenvalue weighted by Crippen LogP contribution is -1.92. The van der Waals surface area contributed by atoms with Gasteiger partial charge in [-0.3, -0.25) is 0 Å². The zero-order valence-electron chi connectivity index (χ0n) is 7.73. The fourth-order valence-corrected chi connectivity index (χ4v) is 2.56. The number of benzene rings is 1. The van der Waals surface area contributed by atoms with Gasteiger partial charge in [0, 0.05) is 10.2 Å². The fourth-order valence-electron chi connectivity index (χ4n) is 1.65. The molecule has 1 aromatic carbocycles. The molecule has 0 N–H and O–H groups in total. The fraction of sp³-hybridized carbons (Fsp3) is 0.300. The highest BCUT2D eigenvalue weighted by molar-refractivity contribution is 6.17. The molecule has 0 aliphatic heterocycles. The van der Waals surface area contributed by atoms with Crippen molar-refractivity contribution in [3.63, 3.8) is 0 Å². The number of hydrogen-bond acceptors (Lipinski definition) is 0. The van der Waals surface area contributed by atoms with Gasteiger partial charge in [0.05, 0.1) is 0 Å². The van der Waals surface area contributed by atoms with Gasteiger partial charge in [-0.25, -0.2) is 0 Å². The Hall–Kier alpha value is -0.563. The second-order valence-electron chi connectivity index (χ2n) is 3.10. The lowest BCUT2D eigenvalue weighted by molar-refractivity contribution is 1.27. The Bertz CT molecular complexity index is 241. The van der Waals surface area contributed by atoms with Gasteiger partial charge < -0.3 is 0 Å². The summed E-state index contributed by atoms with van der Waals surface area (Å²) in [6, 6.07) is 6.80. The first-order valence-corrected chi connectivity index (χ1v) is 5.18. The molecule has 0 nitrogen and oxygen atoms in total. The molecule has 0 fully saturated rings. The van der Waals surface area contributed by atoms with E-state index in [-0.39, 0.29) is 0 Å². The smallest absolute Gasteiger partial charge is 0.0127 e. The van der Waals surface area contributed by atoms with Crippen molar-refractivity contribution in [3.8, 4) is 0 Å². The van der Waals surface area contributed by atoms with Gasteiger partial charge in [-0.2, -0.15) is 0 Å². The van der Waals surface area contributed by atoms with Crippen molar-refractivity contribution >= 4 is 10.2 Å². The molecule has 0 aromatic heterocycles. The average molecular weight is 163 g/mol.